The van der Waals surface area contributed by atoms with E-state index in [2.05, 4.69) is 10.2 Å². The highest BCUT2D eigenvalue weighted by atomic mass is 32.2. The van der Waals surface area contributed by atoms with Gasteiger partial charge in [0.15, 0.2) is 0 Å². The summed E-state index contributed by atoms with van der Waals surface area (Å²) in [6, 6.07) is 5.41. The Morgan fingerprint density at radius 2 is 2.35 bits per heavy atom. The van der Waals surface area contributed by atoms with E-state index in [9.17, 15) is 8.42 Å². The second-order valence-corrected chi connectivity index (χ2v) is 8.20. The number of nitrogens with one attached hydrogen (secondary N) is 1. The molecule has 20 heavy (non-hydrogen) atoms. The van der Waals surface area contributed by atoms with E-state index in [-0.39, 0.29) is 0 Å². The maximum Gasteiger partial charge on any atom is 0.252 e. The van der Waals surface area contributed by atoms with Crippen LogP contribution in [0.15, 0.2) is 34.0 Å². The highest BCUT2D eigenvalue weighted by Gasteiger charge is 2.30. The molecule has 1 atom stereocenters. The van der Waals surface area contributed by atoms with Gasteiger partial charge in [-0.15, -0.1) is 11.3 Å². The van der Waals surface area contributed by atoms with Gasteiger partial charge < -0.3 is 0 Å². The van der Waals surface area contributed by atoms with Gasteiger partial charge in [0.25, 0.3) is 10.0 Å². The number of nitrogens with zero attached hydrogens (tertiary/aromatic N) is 2. The molecule has 1 N–H and O–H groups in total. The first-order valence-electron chi connectivity index (χ1n) is 6.68. The summed E-state index contributed by atoms with van der Waals surface area (Å²) >= 11 is 1.28. The second-order valence-electron chi connectivity index (χ2n) is 5.09. The fourth-order valence-electron chi connectivity index (χ4n) is 2.66. The fraction of sp³-hybridized carbons (Fsp3) is 0.462. The van der Waals surface area contributed by atoms with Crippen molar-refractivity contribution in [1.82, 2.24) is 14.5 Å². The van der Waals surface area contributed by atoms with Gasteiger partial charge in [0.05, 0.1) is 0 Å². The highest BCUT2D eigenvalue weighted by Crippen LogP contribution is 2.27. The zero-order chi connectivity index (χ0) is 14.0. The Balaban J connectivity index is 1.72. The minimum atomic E-state index is -3.30. The van der Waals surface area contributed by atoms with E-state index in [1.807, 2.05) is 6.07 Å². The van der Waals surface area contributed by atoms with Crippen LogP contribution in [0, 0.1) is 5.92 Å². The SMILES string of the molecule is O=S(=O)(c1cccs1)N1CCCC(Cc2ccn[nH]2)C1. The summed E-state index contributed by atoms with van der Waals surface area (Å²) in [4.78, 5) is 0. The number of hydrogen-bond acceptors (Lipinski definition) is 4. The van der Waals surface area contributed by atoms with Crippen molar-refractivity contribution in [3.05, 3.63) is 35.5 Å². The number of aromatic nitrogens is 2. The smallest absolute Gasteiger partial charge is 0.252 e. The Labute approximate surface area is 122 Å². The molecule has 0 bridgehead atoms. The molecule has 0 spiro atoms. The van der Waals surface area contributed by atoms with Gasteiger partial charge in [-0.25, -0.2) is 8.42 Å². The van der Waals surface area contributed by atoms with Gasteiger partial charge in [0.1, 0.15) is 4.21 Å². The van der Waals surface area contributed by atoms with Gasteiger partial charge in [0, 0.05) is 25.0 Å². The summed E-state index contributed by atoms with van der Waals surface area (Å²) in [6.45, 7) is 1.22. The Morgan fingerprint density at radius 3 is 3.05 bits per heavy atom. The minimum Gasteiger partial charge on any atom is -0.283 e. The summed E-state index contributed by atoms with van der Waals surface area (Å²) in [5.41, 5.74) is 1.07. The molecule has 0 aliphatic carbocycles. The summed E-state index contributed by atoms with van der Waals surface area (Å²) in [5.74, 6) is 0.360. The zero-order valence-corrected chi connectivity index (χ0v) is 12.7. The molecule has 0 radical (unpaired) electrons. The average Bonchev–Trinajstić information content (AvgIpc) is 3.12. The van der Waals surface area contributed by atoms with E-state index in [1.165, 1.54) is 11.3 Å². The van der Waals surface area contributed by atoms with E-state index in [0.29, 0.717) is 23.2 Å². The molecular weight excluding hydrogens is 294 g/mol. The molecule has 1 aliphatic heterocycles. The van der Waals surface area contributed by atoms with Crippen molar-refractivity contribution in [3.8, 4) is 0 Å². The molecule has 2 aromatic rings. The van der Waals surface area contributed by atoms with Crippen LogP contribution in [-0.2, 0) is 16.4 Å². The van der Waals surface area contributed by atoms with E-state index in [1.54, 1.807) is 28.0 Å². The molecule has 1 saturated heterocycles. The molecule has 3 rings (SSSR count). The van der Waals surface area contributed by atoms with E-state index in [4.69, 9.17) is 0 Å². The monoisotopic (exact) mass is 311 g/mol. The van der Waals surface area contributed by atoms with Gasteiger partial charge in [0.2, 0.25) is 0 Å². The topological polar surface area (TPSA) is 66.1 Å². The Kier molecular flexibility index (Phi) is 3.91. The molecule has 2 aromatic heterocycles. The Bertz CT molecular complexity index is 635. The van der Waals surface area contributed by atoms with Crippen LogP contribution in [0.2, 0.25) is 0 Å². The van der Waals surface area contributed by atoms with Gasteiger partial charge >= 0.3 is 0 Å². The maximum absolute atomic E-state index is 12.5. The molecule has 1 unspecified atom stereocenters. The number of hydrogen-bond donors (Lipinski definition) is 1. The van der Waals surface area contributed by atoms with Crippen LogP contribution in [0.1, 0.15) is 18.5 Å². The quantitative estimate of drug-likeness (QED) is 0.940. The van der Waals surface area contributed by atoms with Gasteiger partial charge in [-0.2, -0.15) is 9.40 Å². The Morgan fingerprint density at radius 1 is 1.45 bits per heavy atom. The lowest BCUT2D eigenvalue weighted by Gasteiger charge is -2.31. The summed E-state index contributed by atoms with van der Waals surface area (Å²) in [7, 11) is -3.30. The van der Waals surface area contributed by atoms with Crippen molar-refractivity contribution < 1.29 is 8.42 Å². The third-order valence-electron chi connectivity index (χ3n) is 3.64. The molecular formula is C13H17N3O2S2. The summed E-state index contributed by atoms with van der Waals surface area (Å²) in [6.07, 6.45) is 4.58. The molecule has 7 heteroatoms. The minimum absolute atomic E-state index is 0.360. The molecule has 1 aliphatic rings. The van der Waals surface area contributed by atoms with E-state index < -0.39 is 10.0 Å². The van der Waals surface area contributed by atoms with Crippen molar-refractivity contribution in [1.29, 1.82) is 0 Å². The van der Waals surface area contributed by atoms with Crippen molar-refractivity contribution in [2.45, 2.75) is 23.5 Å². The molecule has 1 fully saturated rings. The van der Waals surface area contributed by atoms with E-state index >= 15 is 0 Å². The van der Waals surface area contributed by atoms with Crippen LogP contribution < -0.4 is 0 Å². The molecule has 0 amide bonds. The second kappa shape index (κ2) is 5.67. The molecule has 5 nitrogen and oxygen atoms in total. The van der Waals surface area contributed by atoms with E-state index in [0.717, 1.165) is 25.0 Å². The van der Waals surface area contributed by atoms with Crippen molar-refractivity contribution in [3.63, 3.8) is 0 Å². The van der Waals surface area contributed by atoms with Gasteiger partial charge in [-0.1, -0.05) is 6.07 Å². The molecule has 0 aromatic carbocycles. The first-order chi connectivity index (χ1) is 9.66. The van der Waals surface area contributed by atoms with Crippen LogP contribution >= 0.6 is 11.3 Å². The number of rotatable bonds is 4. The lowest BCUT2D eigenvalue weighted by molar-refractivity contribution is 0.264. The standard InChI is InChI=1S/C13H17N3O2S2/c17-20(18,13-4-2-8-19-13)16-7-1-3-11(10-16)9-12-5-6-14-15-12/h2,4-6,8,11H,1,3,7,9-10H2,(H,14,15). The Hall–Kier alpha value is -1.18. The van der Waals surface area contributed by atoms with Crippen LogP contribution in [0.3, 0.4) is 0 Å². The first-order valence-corrected chi connectivity index (χ1v) is 9.00. The highest BCUT2D eigenvalue weighted by molar-refractivity contribution is 7.91. The predicted molar refractivity (Wildman–Crippen MR) is 78.1 cm³/mol. The van der Waals surface area contributed by atoms with Crippen LogP contribution in [0.5, 0.6) is 0 Å². The third-order valence-corrected chi connectivity index (χ3v) is 6.88. The summed E-state index contributed by atoms with van der Waals surface area (Å²) in [5, 5.41) is 8.70. The van der Waals surface area contributed by atoms with Crippen molar-refractivity contribution in [2.24, 2.45) is 5.92 Å². The maximum atomic E-state index is 12.5. The number of H-pyrrole nitrogens is 1. The third kappa shape index (κ3) is 2.79. The molecule has 0 saturated carbocycles. The van der Waals surface area contributed by atoms with Crippen LogP contribution in [0.25, 0.3) is 0 Å². The van der Waals surface area contributed by atoms with Crippen LogP contribution in [0.4, 0.5) is 0 Å². The van der Waals surface area contributed by atoms with Crippen LogP contribution in [-0.4, -0.2) is 36.0 Å². The fourth-order valence-corrected chi connectivity index (χ4v) is 5.36. The lowest BCUT2D eigenvalue weighted by Crippen LogP contribution is -2.40. The first kappa shape index (κ1) is 13.8. The number of piperidine rings is 1. The van der Waals surface area contributed by atoms with Gasteiger partial charge in [-0.05, 0) is 42.7 Å². The molecule has 3 heterocycles. The predicted octanol–water partition coefficient (Wildman–Crippen LogP) is 2.11. The number of thiophene rings is 1. The summed E-state index contributed by atoms with van der Waals surface area (Å²) < 4.78 is 27.1. The van der Waals surface area contributed by atoms with Crippen molar-refractivity contribution >= 4 is 21.4 Å². The average molecular weight is 311 g/mol. The molecule has 108 valence electrons. The number of sulfonamides is 1. The lowest BCUT2D eigenvalue weighted by atomic mass is 9.95. The van der Waals surface area contributed by atoms with Crippen molar-refractivity contribution in [2.75, 3.05) is 13.1 Å². The largest absolute Gasteiger partial charge is 0.283 e. The zero-order valence-electron chi connectivity index (χ0n) is 11.0. The normalized spacial score (nSPS) is 21.1. The van der Waals surface area contributed by atoms with Gasteiger partial charge in [-0.3, -0.25) is 5.10 Å². The number of aromatic amines is 1.